The molecule has 0 fully saturated rings. The molecule has 1 aromatic carbocycles. The van der Waals surface area contributed by atoms with Crippen molar-refractivity contribution in [2.45, 2.75) is 0 Å². The van der Waals surface area contributed by atoms with Gasteiger partial charge in [0.25, 0.3) is 5.56 Å². The molecule has 0 bridgehead atoms. The molecular formula is C16H14N4O2. The molecule has 3 aromatic rings. The SMILES string of the molecule is Cn1cc(NC(=O)Nc2cccnc2)c2ccccc2c1=O. The first-order valence-electron chi connectivity index (χ1n) is 6.71. The Labute approximate surface area is 126 Å². The average molecular weight is 294 g/mol. The number of nitrogens with zero attached hydrogens (tertiary/aromatic N) is 2. The first-order chi connectivity index (χ1) is 10.6. The zero-order chi connectivity index (χ0) is 15.5. The third kappa shape index (κ3) is 2.67. The van der Waals surface area contributed by atoms with Crippen LogP contribution in [0.5, 0.6) is 0 Å². The summed E-state index contributed by atoms with van der Waals surface area (Å²) in [6, 6.07) is 10.2. The van der Waals surface area contributed by atoms with Gasteiger partial charge < -0.3 is 15.2 Å². The van der Waals surface area contributed by atoms with E-state index in [4.69, 9.17) is 0 Å². The van der Waals surface area contributed by atoms with Crippen LogP contribution in [0.3, 0.4) is 0 Å². The lowest BCUT2D eigenvalue weighted by molar-refractivity contribution is 0.262. The summed E-state index contributed by atoms with van der Waals surface area (Å²) in [6.45, 7) is 0. The molecule has 0 unspecified atom stereocenters. The fourth-order valence-corrected chi connectivity index (χ4v) is 2.24. The van der Waals surface area contributed by atoms with Crippen LogP contribution in [0.25, 0.3) is 10.8 Å². The van der Waals surface area contributed by atoms with Crippen LogP contribution in [0.4, 0.5) is 16.2 Å². The van der Waals surface area contributed by atoms with Crippen molar-refractivity contribution in [3.8, 4) is 0 Å². The van der Waals surface area contributed by atoms with E-state index in [1.807, 2.05) is 6.07 Å². The highest BCUT2D eigenvalue weighted by Crippen LogP contribution is 2.20. The van der Waals surface area contributed by atoms with Crippen molar-refractivity contribution < 1.29 is 4.79 Å². The number of aryl methyl sites for hydroxylation is 1. The summed E-state index contributed by atoms with van der Waals surface area (Å²) < 4.78 is 1.45. The Morgan fingerprint density at radius 3 is 2.59 bits per heavy atom. The number of amides is 2. The maximum absolute atomic E-state index is 12.1. The molecule has 6 nitrogen and oxygen atoms in total. The molecule has 2 heterocycles. The molecule has 6 heteroatoms. The van der Waals surface area contributed by atoms with Gasteiger partial charge in [0.1, 0.15) is 0 Å². The van der Waals surface area contributed by atoms with Crippen LogP contribution in [-0.2, 0) is 7.05 Å². The second-order valence-corrected chi connectivity index (χ2v) is 4.83. The molecule has 2 aromatic heterocycles. The van der Waals surface area contributed by atoms with E-state index < -0.39 is 6.03 Å². The van der Waals surface area contributed by atoms with Gasteiger partial charge in [0, 0.05) is 30.2 Å². The van der Waals surface area contributed by atoms with Crippen molar-refractivity contribution in [3.05, 3.63) is 65.3 Å². The summed E-state index contributed by atoms with van der Waals surface area (Å²) in [6.07, 6.45) is 4.79. The molecule has 0 atom stereocenters. The molecule has 2 N–H and O–H groups in total. The van der Waals surface area contributed by atoms with Gasteiger partial charge in [-0.2, -0.15) is 0 Å². The Morgan fingerprint density at radius 1 is 1.09 bits per heavy atom. The number of urea groups is 1. The van der Waals surface area contributed by atoms with Crippen LogP contribution < -0.4 is 16.2 Å². The molecule has 0 aliphatic carbocycles. The number of anilines is 2. The largest absolute Gasteiger partial charge is 0.323 e. The molecule has 0 aliphatic heterocycles. The highest BCUT2D eigenvalue weighted by atomic mass is 16.2. The zero-order valence-corrected chi connectivity index (χ0v) is 11.9. The lowest BCUT2D eigenvalue weighted by Crippen LogP contribution is -2.23. The first kappa shape index (κ1) is 13.8. The fraction of sp³-hybridized carbons (Fsp3) is 0.0625. The minimum absolute atomic E-state index is 0.103. The number of hydrogen-bond donors (Lipinski definition) is 2. The Hall–Kier alpha value is -3.15. The van der Waals surface area contributed by atoms with Gasteiger partial charge in [0.05, 0.1) is 17.6 Å². The number of rotatable bonds is 2. The molecule has 0 radical (unpaired) electrons. The van der Waals surface area contributed by atoms with Crippen LogP contribution in [0, 0.1) is 0 Å². The number of hydrogen-bond acceptors (Lipinski definition) is 3. The predicted molar refractivity (Wildman–Crippen MR) is 86.1 cm³/mol. The summed E-state index contributed by atoms with van der Waals surface area (Å²) in [5.74, 6) is 0. The van der Waals surface area contributed by atoms with Crippen LogP contribution >= 0.6 is 0 Å². The van der Waals surface area contributed by atoms with E-state index in [0.717, 1.165) is 0 Å². The summed E-state index contributed by atoms with van der Waals surface area (Å²) in [4.78, 5) is 28.1. The van der Waals surface area contributed by atoms with Crippen molar-refractivity contribution in [2.75, 3.05) is 10.6 Å². The van der Waals surface area contributed by atoms with Crippen LogP contribution in [-0.4, -0.2) is 15.6 Å². The van der Waals surface area contributed by atoms with Gasteiger partial charge in [0.15, 0.2) is 0 Å². The van der Waals surface area contributed by atoms with Gasteiger partial charge in [-0.05, 0) is 18.2 Å². The zero-order valence-electron chi connectivity index (χ0n) is 11.9. The third-order valence-electron chi connectivity index (χ3n) is 3.26. The minimum Gasteiger partial charge on any atom is -0.316 e. The van der Waals surface area contributed by atoms with E-state index in [9.17, 15) is 9.59 Å². The van der Waals surface area contributed by atoms with E-state index in [-0.39, 0.29) is 5.56 Å². The number of pyridine rings is 2. The van der Waals surface area contributed by atoms with Gasteiger partial charge in [0.2, 0.25) is 0 Å². The number of benzene rings is 1. The number of carbonyl (C=O) groups excluding carboxylic acids is 1. The smallest absolute Gasteiger partial charge is 0.316 e. The van der Waals surface area contributed by atoms with E-state index in [1.54, 1.807) is 56.0 Å². The Morgan fingerprint density at radius 2 is 1.86 bits per heavy atom. The maximum Gasteiger partial charge on any atom is 0.323 e. The lowest BCUT2D eigenvalue weighted by Gasteiger charge is -2.11. The number of nitrogens with one attached hydrogen (secondary N) is 2. The van der Waals surface area contributed by atoms with Crippen LogP contribution in [0.15, 0.2) is 59.8 Å². The van der Waals surface area contributed by atoms with Crippen molar-refractivity contribution in [3.63, 3.8) is 0 Å². The second kappa shape index (κ2) is 5.69. The van der Waals surface area contributed by atoms with Gasteiger partial charge in [-0.3, -0.25) is 9.78 Å². The van der Waals surface area contributed by atoms with E-state index >= 15 is 0 Å². The summed E-state index contributed by atoms with van der Waals surface area (Å²) in [5.41, 5.74) is 1.06. The normalized spacial score (nSPS) is 10.4. The molecule has 0 aliphatic rings. The molecule has 0 saturated heterocycles. The Bertz CT molecular complexity index is 888. The molecule has 0 saturated carbocycles. The Kier molecular flexibility index (Phi) is 3.57. The van der Waals surface area contributed by atoms with E-state index in [1.165, 1.54) is 4.57 Å². The van der Waals surface area contributed by atoms with Gasteiger partial charge in [-0.25, -0.2) is 4.79 Å². The third-order valence-corrected chi connectivity index (χ3v) is 3.26. The van der Waals surface area contributed by atoms with Gasteiger partial charge in [-0.1, -0.05) is 18.2 Å². The van der Waals surface area contributed by atoms with Crippen LogP contribution in [0.1, 0.15) is 0 Å². The maximum atomic E-state index is 12.1. The van der Waals surface area contributed by atoms with Crippen molar-refractivity contribution in [1.82, 2.24) is 9.55 Å². The fourth-order valence-electron chi connectivity index (χ4n) is 2.24. The molecule has 110 valence electrons. The first-order valence-corrected chi connectivity index (χ1v) is 6.71. The van der Waals surface area contributed by atoms with Crippen molar-refractivity contribution in [1.29, 1.82) is 0 Å². The number of aromatic nitrogens is 2. The average Bonchev–Trinajstić information content (AvgIpc) is 2.53. The lowest BCUT2D eigenvalue weighted by atomic mass is 10.1. The van der Waals surface area contributed by atoms with Gasteiger partial charge in [-0.15, -0.1) is 0 Å². The number of fused-ring (bicyclic) bond motifs is 1. The monoisotopic (exact) mass is 294 g/mol. The molecule has 2 amide bonds. The van der Waals surface area contributed by atoms with E-state index in [0.29, 0.717) is 22.1 Å². The highest BCUT2D eigenvalue weighted by molar-refractivity contribution is 6.05. The Balaban J connectivity index is 1.92. The summed E-state index contributed by atoms with van der Waals surface area (Å²) >= 11 is 0. The van der Waals surface area contributed by atoms with Crippen molar-refractivity contribution >= 4 is 28.2 Å². The van der Waals surface area contributed by atoms with Gasteiger partial charge >= 0.3 is 6.03 Å². The molecule has 0 spiro atoms. The van der Waals surface area contributed by atoms with Crippen molar-refractivity contribution in [2.24, 2.45) is 7.05 Å². The quantitative estimate of drug-likeness (QED) is 0.762. The number of carbonyl (C=O) groups is 1. The van der Waals surface area contributed by atoms with E-state index in [2.05, 4.69) is 15.6 Å². The molecule has 22 heavy (non-hydrogen) atoms. The topological polar surface area (TPSA) is 76.0 Å². The predicted octanol–water partition coefficient (Wildman–Crippen LogP) is 2.58. The summed E-state index contributed by atoms with van der Waals surface area (Å²) in [5, 5.41) is 6.71. The minimum atomic E-state index is -0.392. The molecular weight excluding hydrogens is 280 g/mol. The second-order valence-electron chi connectivity index (χ2n) is 4.83. The standard InChI is InChI=1S/C16H14N4O2/c1-20-10-14(12-6-2-3-7-13(12)15(20)21)19-16(22)18-11-5-4-8-17-9-11/h2-10H,1H3,(H2,18,19,22). The molecule has 3 rings (SSSR count). The summed E-state index contributed by atoms with van der Waals surface area (Å²) in [7, 11) is 1.65. The highest BCUT2D eigenvalue weighted by Gasteiger charge is 2.09. The van der Waals surface area contributed by atoms with Crippen LogP contribution in [0.2, 0.25) is 0 Å².